The molecule has 4 rings (SSSR count). The summed E-state index contributed by atoms with van der Waals surface area (Å²) in [7, 11) is 0. The lowest BCUT2D eigenvalue weighted by Gasteiger charge is -2.40. The Morgan fingerprint density at radius 3 is 2.86 bits per heavy atom. The number of carbonyl (C=O) groups is 1. The summed E-state index contributed by atoms with van der Waals surface area (Å²) in [6, 6.07) is 12.5. The molecule has 1 aromatic carbocycles. The molecule has 2 N–H and O–H groups in total. The maximum Gasteiger partial charge on any atom is 0.152 e. The van der Waals surface area contributed by atoms with Crippen molar-refractivity contribution in [2.24, 2.45) is 0 Å². The number of aromatic nitrogens is 2. The van der Waals surface area contributed by atoms with Crippen LogP contribution in [0.1, 0.15) is 19.4 Å². The summed E-state index contributed by atoms with van der Waals surface area (Å²) in [5.74, 6) is 1.91. The highest BCUT2D eigenvalue weighted by Gasteiger charge is 2.29. The number of hydrogen-bond donors (Lipinski definition) is 2. The second-order valence-corrected chi connectivity index (χ2v) is 7.71. The molecule has 1 atom stereocenters. The lowest BCUT2D eigenvalue weighted by molar-refractivity contribution is -0.109. The Morgan fingerprint density at radius 1 is 1.25 bits per heavy atom. The van der Waals surface area contributed by atoms with Crippen LogP contribution < -0.4 is 15.1 Å². The van der Waals surface area contributed by atoms with Gasteiger partial charge in [0.2, 0.25) is 0 Å². The van der Waals surface area contributed by atoms with E-state index in [1.54, 1.807) is 0 Å². The Kier molecular flexibility index (Phi) is 4.94. The van der Waals surface area contributed by atoms with Gasteiger partial charge in [0.05, 0.1) is 5.69 Å². The van der Waals surface area contributed by atoms with E-state index in [9.17, 15) is 4.79 Å². The van der Waals surface area contributed by atoms with Gasteiger partial charge in [-0.2, -0.15) is 0 Å². The monoisotopic (exact) mass is 377 g/mol. The van der Waals surface area contributed by atoms with Gasteiger partial charge in [-0.15, -0.1) is 0 Å². The van der Waals surface area contributed by atoms with Gasteiger partial charge in [-0.25, -0.2) is 4.98 Å². The SMILES string of the molecule is Cc1cccc2[nH]c(N3CCN(c4ncccc4NC(C)C)CC3C=O)cc12. The summed E-state index contributed by atoms with van der Waals surface area (Å²) in [5, 5.41) is 4.66. The van der Waals surface area contributed by atoms with Gasteiger partial charge >= 0.3 is 0 Å². The molecule has 1 saturated heterocycles. The fourth-order valence-electron chi connectivity index (χ4n) is 3.94. The Morgan fingerprint density at radius 2 is 2.11 bits per heavy atom. The van der Waals surface area contributed by atoms with Crippen LogP contribution in [0.5, 0.6) is 0 Å². The zero-order valence-electron chi connectivity index (χ0n) is 16.6. The Hall–Kier alpha value is -3.02. The molecule has 0 amide bonds. The zero-order valence-corrected chi connectivity index (χ0v) is 16.6. The third kappa shape index (κ3) is 3.42. The molecule has 1 fully saturated rings. The quantitative estimate of drug-likeness (QED) is 0.666. The third-order valence-corrected chi connectivity index (χ3v) is 5.28. The number of benzene rings is 1. The highest BCUT2D eigenvalue weighted by molar-refractivity contribution is 5.87. The van der Waals surface area contributed by atoms with Crippen LogP contribution in [-0.4, -0.2) is 48.0 Å². The highest BCUT2D eigenvalue weighted by atomic mass is 16.1. The van der Waals surface area contributed by atoms with Crippen LogP contribution in [0.2, 0.25) is 0 Å². The van der Waals surface area contributed by atoms with Crippen LogP contribution in [0.4, 0.5) is 17.3 Å². The molecule has 0 spiro atoms. The first-order chi connectivity index (χ1) is 13.6. The molecular weight excluding hydrogens is 350 g/mol. The zero-order chi connectivity index (χ0) is 19.7. The van der Waals surface area contributed by atoms with Gasteiger partial charge in [-0.1, -0.05) is 12.1 Å². The lowest BCUT2D eigenvalue weighted by atomic mass is 10.1. The lowest BCUT2D eigenvalue weighted by Crippen LogP contribution is -2.54. The van der Waals surface area contributed by atoms with Crippen LogP contribution in [0.25, 0.3) is 10.9 Å². The summed E-state index contributed by atoms with van der Waals surface area (Å²) in [6.45, 7) is 8.51. The van der Waals surface area contributed by atoms with E-state index in [-0.39, 0.29) is 6.04 Å². The molecular formula is C22H27N5O. The summed E-state index contributed by atoms with van der Waals surface area (Å²) < 4.78 is 0. The number of H-pyrrole nitrogens is 1. The number of fused-ring (bicyclic) bond motifs is 1. The molecule has 28 heavy (non-hydrogen) atoms. The van der Waals surface area contributed by atoms with Gasteiger partial charge < -0.3 is 24.9 Å². The standard InChI is InChI=1S/C22H27N5O/c1-15(2)24-20-8-5-9-23-22(20)26-10-11-27(17(13-26)14-28)21-12-18-16(3)6-4-7-19(18)25-21/h4-9,12,14-15,17,24-25H,10-11,13H2,1-3H3. The van der Waals surface area contributed by atoms with E-state index in [2.05, 4.69) is 70.1 Å². The van der Waals surface area contributed by atoms with Gasteiger partial charge in [-0.3, -0.25) is 0 Å². The van der Waals surface area contributed by atoms with Gasteiger partial charge in [-0.05, 0) is 50.6 Å². The summed E-state index contributed by atoms with van der Waals surface area (Å²) >= 11 is 0. The molecule has 0 radical (unpaired) electrons. The number of carbonyl (C=O) groups excluding carboxylic acids is 1. The van der Waals surface area contributed by atoms with E-state index in [0.717, 1.165) is 42.2 Å². The van der Waals surface area contributed by atoms with Crippen molar-refractivity contribution >= 4 is 34.5 Å². The minimum atomic E-state index is -0.226. The molecule has 3 aromatic rings. The van der Waals surface area contributed by atoms with Crippen molar-refractivity contribution in [1.82, 2.24) is 9.97 Å². The van der Waals surface area contributed by atoms with Gasteiger partial charge in [0.15, 0.2) is 5.82 Å². The minimum Gasteiger partial charge on any atom is -0.380 e. The van der Waals surface area contributed by atoms with Crippen molar-refractivity contribution in [2.45, 2.75) is 32.9 Å². The average Bonchev–Trinajstić information content (AvgIpc) is 3.13. The Labute approximate surface area is 165 Å². The van der Waals surface area contributed by atoms with E-state index in [1.807, 2.05) is 18.3 Å². The van der Waals surface area contributed by atoms with Crippen LogP contribution in [-0.2, 0) is 4.79 Å². The second kappa shape index (κ2) is 7.54. The number of hydrogen-bond acceptors (Lipinski definition) is 5. The first kappa shape index (κ1) is 18.3. The number of aldehydes is 1. The highest BCUT2D eigenvalue weighted by Crippen LogP contribution is 2.30. The maximum atomic E-state index is 11.9. The van der Waals surface area contributed by atoms with Crippen molar-refractivity contribution in [2.75, 3.05) is 34.8 Å². The number of pyridine rings is 1. The molecule has 0 saturated carbocycles. The number of piperazine rings is 1. The minimum absolute atomic E-state index is 0.226. The molecule has 1 unspecified atom stereocenters. The first-order valence-corrected chi connectivity index (χ1v) is 9.83. The van der Waals surface area contributed by atoms with Crippen LogP contribution in [0.3, 0.4) is 0 Å². The van der Waals surface area contributed by atoms with Crippen LogP contribution >= 0.6 is 0 Å². The van der Waals surface area contributed by atoms with E-state index in [0.29, 0.717) is 12.6 Å². The second-order valence-electron chi connectivity index (χ2n) is 7.71. The Bertz CT molecular complexity index is 980. The maximum absolute atomic E-state index is 11.9. The molecule has 0 aliphatic carbocycles. The summed E-state index contributed by atoms with van der Waals surface area (Å²) in [6.07, 6.45) is 2.85. The van der Waals surface area contributed by atoms with Crippen molar-refractivity contribution in [3.05, 3.63) is 48.2 Å². The van der Waals surface area contributed by atoms with Crippen molar-refractivity contribution in [1.29, 1.82) is 0 Å². The molecule has 2 aromatic heterocycles. The molecule has 1 aliphatic heterocycles. The molecule has 6 nitrogen and oxygen atoms in total. The van der Waals surface area contributed by atoms with Gasteiger partial charge in [0, 0.05) is 42.8 Å². The molecule has 0 bridgehead atoms. The number of aromatic amines is 1. The number of anilines is 3. The molecule has 1 aliphatic rings. The van der Waals surface area contributed by atoms with Crippen molar-refractivity contribution < 1.29 is 4.79 Å². The van der Waals surface area contributed by atoms with E-state index in [1.165, 1.54) is 10.9 Å². The fourth-order valence-corrected chi connectivity index (χ4v) is 3.94. The largest absolute Gasteiger partial charge is 0.380 e. The number of rotatable bonds is 5. The topological polar surface area (TPSA) is 64.3 Å². The van der Waals surface area contributed by atoms with Crippen molar-refractivity contribution in [3.8, 4) is 0 Å². The first-order valence-electron chi connectivity index (χ1n) is 9.83. The summed E-state index contributed by atoms with van der Waals surface area (Å²) in [5.41, 5.74) is 3.35. The average molecular weight is 377 g/mol. The number of aryl methyl sites for hydroxylation is 1. The van der Waals surface area contributed by atoms with Crippen molar-refractivity contribution in [3.63, 3.8) is 0 Å². The van der Waals surface area contributed by atoms with E-state index in [4.69, 9.17) is 0 Å². The third-order valence-electron chi connectivity index (χ3n) is 5.28. The predicted molar refractivity (Wildman–Crippen MR) is 115 cm³/mol. The van der Waals surface area contributed by atoms with Crippen LogP contribution in [0.15, 0.2) is 42.6 Å². The number of nitrogens with one attached hydrogen (secondary N) is 2. The van der Waals surface area contributed by atoms with Crippen LogP contribution in [0, 0.1) is 6.92 Å². The number of nitrogens with zero attached hydrogens (tertiary/aromatic N) is 3. The van der Waals surface area contributed by atoms with E-state index >= 15 is 0 Å². The predicted octanol–water partition coefficient (Wildman–Crippen LogP) is 3.59. The smallest absolute Gasteiger partial charge is 0.152 e. The summed E-state index contributed by atoms with van der Waals surface area (Å²) in [4.78, 5) is 24.4. The molecule has 6 heteroatoms. The molecule has 146 valence electrons. The van der Waals surface area contributed by atoms with Gasteiger partial charge in [0.25, 0.3) is 0 Å². The Balaban J connectivity index is 1.59. The molecule has 3 heterocycles. The van der Waals surface area contributed by atoms with Gasteiger partial charge in [0.1, 0.15) is 18.1 Å². The normalized spacial score (nSPS) is 17.4. The fraction of sp³-hybridized carbons (Fsp3) is 0.364. The van der Waals surface area contributed by atoms with E-state index < -0.39 is 0 Å².